The molecule has 0 aliphatic heterocycles. The first kappa shape index (κ1) is 14.6. The van der Waals surface area contributed by atoms with Crippen molar-refractivity contribution in [2.24, 2.45) is 11.3 Å². The molecule has 18 heavy (non-hydrogen) atoms. The van der Waals surface area contributed by atoms with Crippen LogP contribution in [0.15, 0.2) is 0 Å². The molecule has 2 aliphatic carbocycles. The maximum Gasteiger partial charge on any atom is 0.0680 e. The predicted octanol–water partition coefficient (Wildman–Crippen LogP) is 4.83. The van der Waals surface area contributed by atoms with Gasteiger partial charge in [-0.2, -0.15) is 0 Å². The maximum atomic E-state index is 11.2. The summed E-state index contributed by atoms with van der Waals surface area (Å²) in [5.74, 6) is 0.801. The lowest BCUT2D eigenvalue weighted by Gasteiger charge is -2.49. The topological polar surface area (TPSA) is 20.2 Å². The Kier molecular flexibility index (Phi) is 3.31. The Labute approximate surface area is 114 Å². The van der Waals surface area contributed by atoms with Crippen LogP contribution in [0.3, 0.4) is 0 Å². The summed E-state index contributed by atoms with van der Waals surface area (Å²) < 4.78 is 0. The van der Waals surface area contributed by atoms with E-state index in [1.165, 1.54) is 25.7 Å². The molecule has 0 aromatic heterocycles. The third-order valence-electron chi connectivity index (χ3n) is 6.11. The number of aliphatic hydroxyl groups is 1. The zero-order chi connectivity index (χ0) is 13.8. The molecule has 0 aromatic carbocycles. The maximum absolute atomic E-state index is 11.2. The SMILES string of the molecule is CC(C)(C)C1CCC(O)(C2([Si](C)(C)C)CC2)CC1. The van der Waals surface area contributed by atoms with Gasteiger partial charge in [-0.05, 0) is 54.9 Å². The molecule has 0 amide bonds. The molecule has 2 aliphatic rings. The quantitative estimate of drug-likeness (QED) is 0.711. The van der Waals surface area contributed by atoms with E-state index in [4.69, 9.17) is 0 Å². The summed E-state index contributed by atoms with van der Waals surface area (Å²) in [7, 11) is -1.25. The molecule has 1 nitrogen and oxygen atoms in total. The van der Waals surface area contributed by atoms with E-state index in [0.717, 1.165) is 18.8 Å². The molecule has 2 rings (SSSR count). The van der Waals surface area contributed by atoms with E-state index in [1.54, 1.807) is 0 Å². The minimum atomic E-state index is -1.25. The van der Waals surface area contributed by atoms with Gasteiger partial charge in [0.2, 0.25) is 0 Å². The van der Waals surface area contributed by atoms with Gasteiger partial charge in [-0.25, -0.2) is 0 Å². The van der Waals surface area contributed by atoms with Crippen LogP contribution >= 0.6 is 0 Å². The van der Waals surface area contributed by atoms with Gasteiger partial charge in [-0.15, -0.1) is 0 Å². The summed E-state index contributed by atoms with van der Waals surface area (Å²) >= 11 is 0. The van der Waals surface area contributed by atoms with Crippen molar-refractivity contribution in [1.82, 2.24) is 0 Å². The van der Waals surface area contributed by atoms with Crippen LogP contribution in [0.4, 0.5) is 0 Å². The molecule has 0 atom stereocenters. The first-order chi connectivity index (χ1) is 8.02. The summed E-state index contributed by atoms with van der Waals surface area (Å²) in [6.45, 7) is 14.4. The molecule has 0 saturated heterocycles. The Morgan fingerprint density at radius 3 is 1.67 bits per heavy atom. The molecule has 2 fully saturated rings. The van der Waals surface area contributed by atoms with Crippen LogP contribution in [-0.2, 0) is 0 Å². The highest BCUT2D eigenvalue weighted by Gasteiger charge is 2.65. The summed E-state index contributed by atoms with van der Waals surface area (Å²) in [6.07, 6.45) is 7.15. The molecule has 2 heteroatoms. The zero-order valence-corrected chi connectivity index (χ0v) is 14.3. The molecule has 106 valence electrons. The van der Waals surface area contributed by atoms with Crippen molar-refractivity contribution in [2.45, 2.75) is 89.6 Å². The van der Waals surface area contributed by atoms with Crippen LogP contribution in [0.5, 0.6) is 0 Å². The van der Waals surface area contributed by atoms with Gasteiger partial charge in [0, 0.05) is 0 Å². The van der Waals surface area contributed by atoms with Gasteiger partial charge in [0.1, 0.15) is 0 Å². The van der Waals surface area contributed by atoms with Crippen molar-refractivity contribution < 1.29 is 5.11 Å². The molecule has 0 spiro atoms. The Morgan fingerprint density at radius 2 is 1.39 bits per heavy atom. The van der Waals surface area contributed by atoms with Crippen molar-refractivity contribution in [3.05, 3.63) is 0 Å². The Morgan fingerprint density at radius 1 is 0.944 bits per heavy atom. The van der Waals surface area contributed by atoms with Gasteiger partial charge in [0.15, 0.2) is 0 Å². The first-order valence-corrected chi connectivity index (χ1v) is 11.2. The van der Waals surface area contributed by atoms with Crippen molar-refractivity contribution >= 4 is 8.07 Å². The van der Waals surface area contributed by atoms with Crippen molar-refractivity contribution in [1.29, 1.82) is 0 Å². The molecule has 2 saturated carbocycles. The van der Waals surface area contributed by atoms with Crippen molar-refractivity contribution in [3.63, 3.8) is 0 Å². The van der Waals surface area contributed by atoms with Gasteiger partial charge in [-0.1, -0.05) is 40.4 Å². The van der Waals surface area contributed by atoms with Crippen LogP contribution < -0.4 is 0 Å². The summed E-state index contributed by atoms with van der Waals surface area (Å²) in [5, 5.41) is 11.6. The molecule has 0 radical (unpaired) electrons. The second-order valence-corrected chi connectivity index (χ2v) is 14.5. The minimum absolute atomic E-state index is 0.320. The van der Waals surface area contributed by atoms with E-state index in [2.05, 4.69) is 40.4 Å². The predicted molar refractivity (Wildman–Crippen MR) is 81.6 cm³/mol. The molecular weight excluding hydrogens is 236 g/mol. The minimum Gasteiger partial charge on any atom is -0.390 e. The molecule has 0 heterocycles. The van der Waals surface area contributed by atoms with Crippen molar-refractivity contribution in [2.75, 3.05) is 0 Å². The third kappa shape index (κ3) is 2.20. The van der Waals surface area contributed by atoms with Gasteiger partial charge in [-0.3, -0.25) is 0 Å². The highest BCUT2D eigenvalue weighted by molar-refractivity contribution is 6.80. The van der Waals surface area contributed by atoms with Gasteiger partial charge in [0.05, 0.1) is 13.7 Å². The van der Waals surface area contributed by atoms with Crippen LogP contribution in [0.2, 0.25) is 24.7 Å². The molecule has 1 N–H and O–H groups in total. The fourth-order valence-electron chi connectivity index (χ4n) is 4.48. The standard InChI is InChI=1S/C16H32OSi/c1-14(2,3)13-7-9-15(17,10-8-13)16(11-12-16)18(4,5)6/h13,17H,7-12H2,1-6H3. The molecule has 0 aromatic rings. The van der Waals surface area contributed by atoms with E-state index in [1.807, 2.05) is 0 Å². The second kappa shape index (κ2) is 4.08. The lowest BCUT2D eigenvalue weighted by molar-refractivity contribution is -0.0391. The number of rotatable bonds is 2. The summed E-state index contributed by atoms with van der Waals surface area (Å²) in [6, 6.07) is 0. The molecule has 0 unspecified atom stereocenters. The Balaban J connectivity index is 2.09. The number of hydrogen-bond acceptors (Lipinski definition) is 1. The van der Waals surface area contributed by atoms with E-state index in [0.29, 0.717) is 10.5 Å². The molecular formula is C16H32OSi. The highest BCUT2D eigenvalue weighted by Crippen LogP contribution is 2.70. The Bertz CT molecular complexity index is 309. The van der Waals surface area contributed by atoms with Gasteiger partial charge in [0.25, 0.3) is 0 Å². The van der Waals surface area contributed by atoms with Crippen LogP contribution in [0.1, 0.15) is 59.3 Å². The summed E-state index contributed by atoms with van der Waals surface area (Å²) in [5.41, 5.74) is 0.0937. The number of hydrogen-bond donors (Lipinski definition) is 1. The Hall–Kier alpha value is 0.177. The first-order valence-electron chi connectivity index (χ1n) is 7.74. The van der Waals surface area contributed by atoms with Crippen LogP contribution in [0.25, 0.3) is 0 Å². The normalized spacial score (nSPS) is 36.5. The average Bonchev–Trinajstić information content (AvgIpc) is 2.95. The highest BCUT2D eigenvalue weighted by atomic mass is 28.3. The van der Waals surface area contributed by atoms with Crippen LogP contribution in [0, 0.1) is 11.3 Å². The second-order valence-electron chi connectivity index (χ2n) is 9.00. The monoisotopic (exact) mass is 268 g/mol. The van der Waals surface area contributed by atoms with Crippen molar-refractivity contribution in [3.8, 4) is 0 Å². The van der Waals surface area contributed by atoms with E-state index < -0.39 is 8.07 Å². The lowest BCUT2D eigenvalue weighted by atomic mass is 9.67. The fourth-order valence-corrected chi connectivity index (χ4v) is 7.75. The summed E-state index contributed by atoms with van der Waals surface area (Å²) in [4.78, 5) is 0. The third-order valence-corrected chi connectivity index (χ3v) is 9.95. The van der Waals surface area contributed by atoms with Gasteiger partial charge < -0.3 is 5.11 Å². The molecule has 0 bridgehead atoms. The average molecular weight is 269 g/mol. The zero-order valence-electron chi connectivity index (χ0n) is 13.3. The van der Waals surface area contributed by atoms with Gasteiger partial charge >= 0.3 is 0 Å². The van der Waals surface area contributed by atoms with E-state index >= 15 is 0 Å². The fraction of sp³-hybridized carbons (Fsp3) is 1.00. The van der Waals surface area contributed by atoms with Crippen LogP contribution in [-0.4, -0.2) is 18.8 Å². The van der Waals surface area contributed by atoms with E-state index in [-0.39, 0.29) is 5.60 Å². The van der Waals surface area contributed by atoms with E-state index in [9.17, 15) is 5.11 Å². The smallest absolute Gasteiger partial charge is 0.0680 e. The largest absolute Gasteiger partial charge is 0.390 e. The lowest BCUT2D eigenvalue weighted by Crippen LogP contribution is -2.50.